The number of ether oxygens (including phenoxy) is 1. The molecule has 8 nitrogen and oxygen atoms in total. The smallest absolute Gasteiger partial charge is 0.335 e. The lowest BCUT2D eigenvalue weighted by Gasteiger charge is -2.16. The van der Waals surface area contributed by atoms with E-state index in [1.807, 2.05) is 69.2 Å². The van der Waals surface area contributed by atoms with Gasteiger partial charge in [0.25, 0.3) is 5.56 Å². The highest BCUT2D eigenvalue weighted by Crippen LogP contribution is 2.25. The molecule has 4 aromatic rings. The van der Waals surface area contributed by atoms with Crippen LogP contribution in [0, 0.1) is 0 Å². The van der Waals surface area contributed by atoms with Crippen LogP contribution in [0.5, 0.6) is 5.75 Å². The van der Waals surface area contributed by atoms with Gasteiger partial charge in [0.1, 0.15) is 18.2 Å². The summed E-state index contributed by atoms with van der Waals surface area (Å²) in [5.41, 5.74) is 2.86. The number of anilines is 1. The van der Waals surface area contributed by atoms with E-state index in [-0.39, 0.29) is 23.6 Å². The van der Waals surface area contributed by atoms with E-state index in [2.05, 4.69) is 26.0 Å². The summed E-state index contributed by atoms with van der Waals surface area (Å²) < 4.78 is 8.23. The van der Waals surface area contributed by atoms with Crippen molar-refractivity contribution < 1.29 is 14.6 Å². The van der Waals surface area contributed by atoms with Crippen LogP contribution in [0.4, 0.5) is 5.69 Å². The molecule has 0 spiro atoms. The maximum atomic E-state index is 13.4. The molecule has 9 heteroatoms. The van der Waals surface area contributed by atoms with E-state index in [4.69, 9.17) is 4.74 Å². The summed E-state index contributed by atoms with van der Waals surface area (Å²) in [6.45, 7) is 4.09. The molecule has 0 unspecified atom stereocenters. The molecule has 0 saturated carbocycles. The number of aromatic carboxylic acids is 1. The first-order valence-corrected chi connectivity index (χ1v) is 12.5. The lowest BCUT2D eigenvalue weighted by atomic mass is 10.1. The first-order chi connectivity index (χ1) is 17.6. The second-order valence-corrected chi connectivity index (χ2v) is 9.97. The lowest BCUT2D eigenvalue weighted by Crippen LogP contribution is -2.23. The molecule has 190 valence electrons. The van der Waals surface area contributed by atoms with Crippen molar-refractivity contribution in [3.05, 3.63) is 98.0 Å². The third-order valence-electron chi connectivity index (χ3n) is 5.74. The number of benzene rings is 3. The van der Waals surface area contributed by atoms with Gasteiger partial charge in [-0.3, -0.25) is 4.79 Å². The molecule has 0 bridgehead atoms. The van der Waals surface area contributed by atoms with Gasteiger partial charge in [0.2, 0.25) is 0 Å². The number of carboxylic acids is 1. The zero-order valence-corrected chi connectivity index (χ0v) is 22.6. The Kier molecular flexibility index (Phi) is 7.73. The molecule has 0 aliphatic carbocycles. The summed E-state index contributed by atoms with van der Waals surface area (Å²) in [6.07, 6.45) is 1.58. The van der Waals surface area contributed by atoms with Gasteiger partial charge in [-0.1, -0.05) is 41.9 Å². The van der Waals surface area contributed by atoms with Crippen molar-refractivity contribution >= 4 is 44.7 Å². The average Bonchev–Trinajstić information content (AvgIpc) is 2.87. The van der Waals surface area contributed by atoms with Crippen molar-refractivity contribution in [1.82, 2.24) is 9.66 Å². The topological polar surface area (TPSA) is 97.0 Å². The monoisotopic (exact) mass is 562 g/mol. The van der Waals surface area contributed by atoms with Gasteiger partial charge < -0.3 is 14.7 Å². The Balaban J connectivity index is 1.74. The Morgan fingerprint density at radius 2 is 1.95 bits per heavy atom. The molecule has 1 aromatic heterocycles. The Labute approximate surface area is 223 Å². The summed E-state index contributed by atoms with van der Waals surface area (Å²) in [5.74, 6) is 0.0678. The van der Waals surface area contributed by atoms with Gasteiger partial charge in [0.15, 0.2) is 0 Å². The van der Waals surface area contributed by atoms with Crippen LogP contribution in [-0.4, -0.2) is 41.0 Å². The second-order valence-electron chi connectivity index (χ2n) is 9.06. The third kappa shape index (κ3) is 5.89. The normalized spacial score (nSPS) is 11.4. The van der Waals surface area contributed by atoms with Gasteiger partial charge in [-0.2, -0.15) is 9.78 Å². The minimum absolute atomic E-state index is 0.0359. The fraction of sp³-hybridized carbons (Fsp3) is 0.214. The Morgan fingerprint density at radius 1 is 1.16 bits per heavy atom. The summed E-state index contributed by atoms with van der Waals surface area (Å²) in [7, 11) is 3.85. The number of hydrogen-bond acceptors (Lipinski definition) is 6. The van der Waals surface area contributed by atoms with Gasteiger partial charge in [-0.25, -0.2) is 9.78 Å². The summed E-state index contributed by atoms with van der Waals surface area (Å²) >= 11 is 3.42. The van der Waals surface area contributed by atoms with E-state index in [1.165, 1.54) is 10.7 Å². The molecular weight excluding hydrogens is 536 g/mol. The molecular formula is C28H27BrN4O4. The van der Waals surface area contributed by atoms with Crippen LogP contribution in [0.3, 0.4) is 0 Å². The zero-order valence-electron chi connectivity index (χ0n) is 21.0. The van der Waals surface area contributed by atoms with Crippen molar-refractivity contribution in [2.75, 3.05) is 19.0 Å². The van der Waals surface area contributed by atoms with Gasteiger partial charge in [-0.05, 0) is 48.0 Å². The van der Waals surface area contributed by atoms with E-state index in [0.717, 1.165) is 15.7 Å². The van der Waals surface area contributed by atoms with Crippen molar-refractivity contribution in [3.63, 3.8) is 0 Å². The second kappa shape index (κ2) is 11.0. The average molecular weight is 563 g/mol. The summed E-state index contributed by atoms with van der Waals surface area (Å²) in [6, 6.07) is 17.7. The molecule has 0 aliphatic heterocycles. The third-order valence-corrected chi connectivity index (χ3v) is 6.24. The lowest BCUT2D eigenvalue weighted by molar-refractivity contribution is 0.0696. The van der Waals surface area contributed by atoms with E-state index >= 15 is 0 Å². The number of rotatable bonds is 8. The number of hydrogen-bond donors (Lipinski definition) is 1. The highest BCUT2D eigenvalue weighted by atomic mass is 79.9. The highest BCUT2D eigenvalue weighted by molar-refractivity contribution is 9.10. The number of aromatic nitrogens is 2. The molecule has 0 radical (unpaired) electrons. The van der Waals surface area contributed by atoms with E-state index in [0.29, 0.717) is 28.0 Å². The maximum Gasteiger partial charge on any atom is 0.335 e. The van der Waals surface area contributed by atoms with Crippen molar-refractivity contribution in [3.8, 4) is 5.75 Å². The minimum Gasteiger partial charge on any atom is -0.488 e. The van der Waals surface area contributed by atoms with Crippen LogP contribution in [0.1, 0.15) is 47.1 Å². The van der Waals surface area contributed by atoms with Crippen molar-refractivity contribution in [2.45, 2.75) is 26.4 Å². The number of nitrogens with zero attached hydrogens (tertiary/aromatic N) is 4. The molecule has 37 heavy (non-hydrogen) atoms. The highest BCUT2D eigenvalue weighted by Gasteiger charge is 2.14. The van der Waals surface area contributed by atoms with Gasteiger partial charge in [-0.15, -0.1) is 0 Å². The zero-order chi connectivity index (χ0) is 26.7. The van der Waals surface area contributed by atoms with Gasteiger partial charge >= 0.3 is 5.97 Å². The first kappa shape index (κ1) is 26.1. The first-order valence-electron chi connectivity index (χ1n) is 11.7. The Hall–Kier alpha value is -3.98. The predicted molar refractivity (Wildman–Crippen MR) is 149 cm³/mol. The molecule has 4 rings (SSSR count). The van der Waals surface area contributed by atoms with Crippen molar-refractivity contribution in [2.24, 2.45) is 5.10 Å². The molecule has 0 fully saturated rings. The molecule has 0 amide bonds. The van der Waals surface area contributed by atoms with Crippen LogP contribution in [0.25, 0.3) is 10.9 Å². The maximum absolute atomic E-state index is 13.4. The standard InChI is InChI=1S/C28H27BrN4O4/c1-17(2)26-31-24-11-9-21(29)13-23(24)27(34)33(26)30-15-20-8-10-22(32(3)4)14-25(20)37-16-18-6-5-7-19(12-18)28(35)36/h5-15,17H,16H2,1-4H3,(H,35,36). The molecule has 3 aromatic carbocycles. The summed E-state index contributed by atoms with van der Waals surface area (Å²) in [5, 5.41) is 14.3. The van der Waals surface area contributed by atoms with Crippen LogP contribution in [0.15, 0.2) is 75.0 Å². The van der Waals surface area contributed by atoms with E-state index < -0.39 is 5.97 Å². The Morgan fingerprint density at radius 3 is 2.65 bits per heavy atom. The van der Waals surface area contributed by atoms with E-state index in [9.17, 15) is 14.7 Å². The van der Waals surface area contributed by atoms with E-state index in [1.54, 1.807) is 24.4 Å². The molecule has 1 N–H and O–H groups in total. The number of carbonyl (C=O) groups is 1. The largest absolute Gasteiger partial charge is 0.488 e. The molecule has 0 aliphatic rings. The van der Waals surface area contributed by atoms with Crippen LogP contribution in [-0.2, 0) is 6.61 Å². The van der Waals surface area contributed by atoms with Crippen LogP contribution in [0.2, 0.25) is 0 Å². The predicted octanol–water partition coefficient (Wildman–Crippen LogP) is 5.51. The van der Waals surface area contributed by atoms with Crippen LogP contribution < -0.4 is 15.2 Å². The summed E-state index contributed by atoms with van der Waals surface area (Å²) in [4.78, 5) is 31.3. The van der Waals surface area contributed by atoms with Gasteiger partial charge in [0, 0.05) is 41.8 Å². The fourth-order valence-electron chi connectivity index (χ4n) is 3.76. The van der Waals surface area contributed by atoms with Gasteiger partial charge in [0.05, 0.1) is 22.7 Å². The molecule has 0 saturated heterocycles. The quantitative estimate of drug-likeness (QED) is 0.284. The minimum atomic E-state index is -0.994. The number of halogens is 1. The Bertz CT molecular complexity index is 1560. The van der Waals surface area contributed by atoms with Crippen molar-refractivity contribution in [1.29, 1.82) is 0 Å². The molecule has 1 heterocycles. The number of carboxylic acid groups (broad SMARTS) is 1. The van der Waals surface area contributed by atoms with Crippen LogP contribution >= 0.6 is 15.9 Å². The molecule has 0 atom stereocenters. The SMILES string of the molecule is CC(C)c1nc2ccc(Br)cc2c(=O)n1N=Cc1ccc(N(C)C)cc1OCc1cccc(C(=O)O)c1. The fourth-order valence-corrected chi connectivity index (χ4v) is 4.12. The number of fused-ring (bicyclic) bond motifs is 1.